The van der Waals surface area contributed by atoms with Crippen LogP contribution in [0, 0.1) is 5.92 Å². The Labute approximate surface area is 117 Å². The molecule has 1 saturated heterocycles. The largest absolute Gasteiger partial charge is 0.476 e. The van der Waals surface area contributed by atoms with Gasteiger partial charge in [-0.3, -0.25) is 0 Å². The van der Waals surface area contributed by atoms with Gasteiger partial charge in [-0.15, -0.1) is 10.2 Å². The summed E-state index contributed by atoms with van der Waals surface area (Å²) in [6, 6.07) is 7.59. The summed E-state index contributed by atoms with van der Waals surface area (Å²) in [6.07, 6.45) is 2.27. The lowest BCUT2D eigenvalue weighted by Gasteiger charge is -2.33. The van der Waals surface area contributed by atoms with Crippen molar-refractivity contribution in [2.45, 2.75) is 19.8 Å². The minimum Gasteiger partial charge on any atom is -0.476 e. The Balaban J connectivity index is 2.19. The van der Waals surface area contributed by atoms with Crippen LogP contribution in [0.3, 0.4) is 0 Å². The molecule has 1 aromatic heterocycles. The van der Waals surface area contributed by atoms with E-state index in [1.54, 1.807) is 0 Å². The second-order valence-corrected chi connectivity index (χ2v) is 5.41. The van der Waals surface area contributed by atoms with Crippen LogP contribution in [-0.4, -0.2) is 34.4 Å². The predicted molar refractivity (Wildman–Crippen MR) is 77.1 cm³/mol. The monoisotopic (exact) mass is 271 g/mol. The second kappa shape index (κ2) is 5.07. The third kappa shape index (κ3) is 2.19. The standard InChI is InChI=1S/C15H17N3O2/c1-10-5-4-8-18(9-10)14-11-6-2-3-7-12(11)16-17-13(14)15(19)20/h2-3,6-7,10H,4-5,8-9H2,1H3,(H,19,20). The first-order chi connectivity index (χ1) is 9.66. The summed E-state index contributed by atoms with van der Waals surface area (Å²) in [6.45, 7) is 3.94. The zero-order chi connectivity index (χ0) is 14.1. The maximum absolute atomic E-state index is 11.5. The number of carboxylic acid groups (broad SMARTS) is 1. The van der Waals surface area contributed by atoms with Crippen LogP contribution in [0.5, 0.6) is 0 Å². The van der Waals surface area contributed by atoms with Gasteiger partial charge in [0.25, 0.3) is 0 Å². The van der Waals surface area contributed by atoms with Crippen molar-refractivity contribution in [3.8, 4) is 0 Å². The lowest BCUT2D eigenvalue weighted by atomic mass is 9.98. The summed E-state index contributed by atoms with van der Waals surface area (Å²) in [7, 11) is 0. The molecule has 5 nitrogen and oxygen atoms in total. The van der Waals surface area contributed by atoms with Gasteiger partial charge in [0.15, 0.2) is 5.69 Å². The Morgan fingerprint density at radius 3 is 2.90 bits per heavy atom. The summed E-state index contributed by atoms with van der Waals surface area (Å²) >= 11 is 0. The van der Waals surface area contributed by atoms with Crippen molar-refractivity contribution in [3.63, 3.8) is 0 Å². The van der Waals surface area contributed by atoms with Crippen LogP contribution in [0.15, 0.2) is 24.3 Å². The molecule has 1 aromatic carbocycles. The van der Waals surface area contributed by atoms with E-state index in [1.807, 2.05) is 24.3 Å². The van der Waals surface area contributed by atoms with E-state index >= 15 is 0 Å². The Bertz CT molecular complexity index is 657. The number of aromatic carboxylic acids is 1. The van der Waals surface area contributed by atoms with Gasteiger partial charge in [-0.1, -0.05) is 25.1 Å². The first-order valence-electron chi connectivity index (χ1n) is 6.90. The fourth-order valence-electron chi connectivity index (χ4n) is 2.90. The minimum atomic E-state index is -1.02. The number of hydrogen-bond acceptors (Lipinski definition) is 4. The van der Waals surface area contributed by atoms with Crippen molar-refractivity contribution in [3.05, 3.63) is 30.0 Å². The third-order valence-corrected chi connectivity index (χ3v) is 3.82. The number of carboxylic acids is 1. The fraction of sp³-hybridized carbons (Fsp3) is 0.400. The molecule has 2 aromatic rings. The maximum Gasteiger partial charge on any atom is 0.358 e. The molecule has 0 saturated carbocycles. The second-order valence-electron chi connectivity index (χ2n) is 5.41. The summed E-state index contributed by atoms with van der Waals surface area (Å²) in [5.41, 5.74) is 1.51. The molecular weight excluding hydrogens is 254 g/mol. The fourth-order valence-corrected chi connectivity index (χ4v) is 2.90. The summed E-state index contributed by atoms with van der Waals surface area (Å²) in [5, 5.41) is 18.2. The van der Waals surface area contributed by atoms with Crippen LogP contribution in [0.2, 0.25) is 0 Å². The summed E-state index contributed by atoms with van der Waals surface area (Å²) < 4.78 is 0. The molecule has 1 fully saturated rings. The summed E-state index contributed by atoms with van der Waals surface area (Å²) in [5.74, 6) is -0.450. The molecule has 0 bridgehead atoms. The normalized spacial score (nSPS) is 19.2. The smallest absolute Gasteiger partial charge is 0.358 e. The molecule has 20 heavy (non-hydrogen) atoms. The lowest BCUT2D eigenvalue weighted by molar-refractivity contribution is 0.0690. The predicted octanol–water partition coefficient (Wildman–Crippen LogP) is 2.56. The molecule has 0 radical (unpaired) electrons. The molecule has 0 spiro atoms. The molecule has 3 rings (SSSR count). The number of fused-ring (bicyclic) bond motifs is 1. The van der Waals surface area contributed by atoms with Crippen molar-refractivity contribution in [2.24, 2.45) is 5.92 Å². The van der Waals surface area contributed by atoms with Crippen molar-refractivity contribution >= 4 is 22.6 Å². The zero-order valence-corrected chi connectivity index (χ0v) is 11.4. The van der Waals surface area contributed by atoms with Gasteiger partial charge in [0.2, 0.25) is 0 Å². The van der Waals surface area contributed by atoms with E-state index in [-0.39, 0.29) is 5.69 Å². The highest BCUT2D eigenvalue weighted by Crippen LogP contribution is 2.31. The quantitative estimate of drug-likeness (QED) is 0.909. The van der Waals surface area contributed by atoms with E-state index in [0.29, 0.717) is 5.92 Å². The first-order valence-corrected chi connectivity index (χ1v) is 6.90. The SMILES string of the molecule is CC1CCCN(c2c(C(=O)O)nnc3ccccc23)C1. The molecule has 0 amide bonds. The molecule has 1 unspecified atom stereocenters. The van der Waals surface area contributed by atoms with Crippen molar-refractivity contribution in [2.75, 3.05) is 18.0 Å². The van der Waals surface area contributed by atoms with Gasteiger partial charge in [0.05, 0.1) is 11.2 Å². The van der Waals surface area contributed by atoms with Gasteiger partial charge in [0, 0.05) is 18.5 Å². The van der Waals surface area contributed by atoms with Crippen molar-refractivity contribution in [1.29, 1.82) is 0 Å². The molecule has 1 aliphatic rings. The molecular formula is C15H17N3O2. The molecule has 5 heteroatoms. The molecule has 1 aliphatic heterocycles. The van der Waals surface area contributed by atoms with Gasteiger partial charge in [-0.2, -0.15) is 0 Å². The molecule has 1 N–H and O–H groups in total. The number of rotatable bonds is 2. The van der Waals surface area contributed by atoms with E-state index < -0.39 is 5.97 Å². The Kier molecular flexibility index (Phi) is 3.26. The number of aromatic nitrogens is 2. The van der Waals surface area contributed by atoms with Crippen LogP contribution < -0.4 is 4.90 Å². The Morgan fingerprint density at radius 2 is 2.15 bits per heavy atom. The lowest BCUT2D eigenvalue weighted by Crippen LogP contribution is -2.35. The van der Waals surface area contributed by atoms with Gasteiger partial charge >= 0.3 is 5.97 Å². The van der Waals surface area contributed by atoms with Crippen LogP contribution in [0.4, 0.5) is 5.69 Å². The number of nitrogens with zero attached hydrogens (tertiary/aromatic N) is 3. The molecule has 1 atom stereocenters. The topological polar surface area (TPSA) is 66.3 Å². The molecule has 0 aliphatic carbocycles. The van der Waals surface area contributed by atoms with E-state index in [4.69, 9.17) is 0 Å². The highest BCUT2D eigenvalue weighted by atomic mass is 16.4. The molecule has 2 heterocycles. The highest BCUT2D eigenvalue weighted by molar-refractivity contribution is 6.02. The van der Waals surface area contributed by atoms with Gasteiger partial charge in [-0.05, 0) is 24.8 Å². The van der Waals surface area contributed by atoms with Crippen LogP contribution in [-0.2, 0) is 0 Å². The average Bonchev–Trinajstić information content (AvgIpc) is 2.46. The average molecular weight is 271 g/mol. The van der Waals surface area contributed by atoms with Gasteiger partial charge in [0.1, 0.15) is 0 Å². The van der Waals surface area contributed by atoms with Crippen molar-refractivity contribution < 1.29 is 9.90 Å². The summed E-state index contributed by atoms with van der Waals surface area (Å²) in [4.78, 5) is 13.6. The van der Waals surface area contributed by atoms with E-state index in [9.17, 15) is 9.90 Å². The molecule has 104 valence electrons. The van der Waals surface area contributed by atoms with Crippen molar-refractivity contribution in [1.82, 2.24) is 10.2 Å². The first kappa shape index (κ1) is 12.8. The Morgan fingerprint density at radius 1 is 1.35 bits per heavy atom. The number of anilines is 1. The van der Waals surface area contributed by atoms with E-state index in [2.05, 4.69) is 22.0 Å². The van der Waals surface area contributed by atoms with Gasteiger partial charge in [-0.25, -0.2) is 4.79 Å². The van der Waals surface area contributed by atoms with Crippen LogP contribution >= 0.6 is 0 Å². The number of benzene rings is 1. The number of hydrogen-bond donors (Lipinski definition) is 1. The zero-order valence-electron chi connectivity index (χ0n) is 11.4. The van der Waals surface area contributed by atoms with Gasteiger partial charge < -0.3 is 10.0 Å². The maximum atomic E-state index is 11.5. The Hall–Kier alpha value is -2.17. The minimum absolute atomic E-state index is 0.0535. The van der Waals surface area contributed by atoms with E-state index in [1.165, 1.54) is 6.42 Å². The van der Waals surface area contributed by atoms with E-state index in [0.717, 1.165) is 36.1 Å². The third-order valence-electron chi connectivity index (χ3n) is 3.82. The van der Waals surface area contributed by atoms with Crippen LogP contribution in [0.1, 0.15) is 30.3 Å². The number of piperidine rings is 1. The highest BCUT2D eigenvalue weighted by Gasteiger charge is 2.25. The van der Waals surface area contributed by atoms with Crippen LogP contribution in [0.25, 0.3) is 10.9 Å². The number of carbonyl (C=O) groups is 1.